The van der Waals surface area contributed by atoms with Gasteiger partial charge in [0.2, 0.25) is 0 Å². The van der Waals surface area contributed by atoms with Crippen LogP contribution in [0.2, 0.25) is 0 Å². The fourth-order valence-corrected chi connectivity index (χ4v) is 2.16. The van der Waals surface area contributed by atoms with Gasteiger partial charge in [-0.05, 0) is 17.0 Å². The van der Waals surface area contributed by atoms with Crippen molar-refractivity contribution in [3.05, 3.63) is 46.2 Å². The molecule has 1 atom stereocenters. The highest BCUT2D eigenvalue weighted by molar-refractivity contribution is 5.84. The second-order valence-corrected chi connectivity index (χ2v) is 3.67. The highest BCUT2D eigenvalue weighted by atomic mass is 16.1. The summed E-state index contributed by atoms with van der Waals surface area (Å²) in [5.74, 6) is 0. The number of rotatable bonds is 0. The molecule has 0 spiro atoms. The molecule has 2 aromatic rings. The van der Waals surface area contributed by atoms with Crippen molar-refractivity contribution in [1.82, 2.24) is 4.57 Å². The van der Waals surface area contributed by atoms with Crippen molar-refractivity contribution in [3.63, 3.8) is 0 Å². The van der Waals surface area contributed by atoms with Gasteiger partial charge in [-0.2, -0.15) is 0 Å². The number of aromatic nitrogens is 1. The summed E-state index contributed by atoms with van der Waals surface area (Å²) in [7, 11) is 0. The van der Waals surface area contributed by atoms with Crippen LogP contribution in [0, 0.1) is 0 Å². The van der Waals surface area contributed by atoms with E-state index in [1.165, 1.54) is 0 Å². The van der Waals surface area contributed by atoms with Gasteiger partial charge >= 0.3 is 0 Å². The Morgan fingerprint density at radius 3 is 3.00 bits per heavy atom. The first-order valence-corrected chi connectivity index (χ1v) is 4.65. The van der Waals surface area contributed by atoms with Crippen molar-refractivity contribution >= 4 is 10.9 Å². The average Bonchev–Trinajstić information content (AvgIpc) is 2.53. The molecule has 0 aliphatic carbocycles. The molecular weight excluding hydrogens is 176 g/mol. The van der Waals surface area contributed by atoms with Gasteiger partial charge in [0.1, 0.15) is 0 Å². The minimum absolute atomic E-state index is 0.0335. The molecule has 14 heavy (non-hydrogen) atoms. The average molecular weight is 186 g/mol. The number of hydrogen-bond acceptors (Lipinski definition) is 2. The van der Waals surface area contributed by atoms with Crippen LogP contribution in [0.4, 0.5) is 0 Å². The first-order valence-electron chi connectivity index (χ1n) is 4.65. The molecule has 1 aromatic heterocycles. The van der Waals surface area contributed by atoms with E-state index < -0.39 is 0 Å². The van der Waals surface area contributed by atoms with Crippen molar-refractivity contribution in [1.29, 1.82) is 0 Å². The van der Waals surface area contributed by atoms with Gasteiger partial charge in [0.25, 0.3) is 5.56 Å². The van der Waals surface area contributed by atoms with Crippen LogP contribution < -0.4 is 11.3 Å². The Kier molecular flexibility index (Phi) is 1.36. The minimum Gasteiger partial charge on any atom is -0.322 e. The Morgan fingerprint density at radius 2 is 2.14 bits per heavy atom. The molecule has 0 amide bonds. The lowest BCUT2D eigenvalue weighted by Gasteiger charge is -2.01. The molecule has 0 bridgehead atoms. The monoisotopic (exact) mass is 186 g/mol. The van der Waals surface area contributed by atoms with Gasteiger partial charge < -0.3 is 10.3 Å². The molecule has 0 unspecified atom stereocenters. The van der Waals surface area contributed by atoms with Crippen LogP contribution in [-0.4, -0.2) is 4.57 Å². The molecule has 0 radical (unpaired) electrons. The van der Waals surface area contributed by atoms with Crippen molar-refractivity contribution in [2.24, 2.45) is 5.73 Å². The highest BCUT2D eigenvalue weighted by Crippen LogP contribution is 2.28. The number of nitrogens with two attached hydrogens (primary N) is 1. The van der Waals surface area contributed by atoms with Crippen LogP contribution in [0.25, 0.3) is 10.9 Å². The Hall–Kier alpha value is -1.61. The largest absolute Gasteiger partial charge is 0.322 e. The predicted octanol–water partition coefficient (Wildman–Crippen LogP) is 1.01. The van der Waals surface area contributed by atoms with E-state index in [1.54, 1.807) is 10.6 Å². The van der Waals surface area contributed by atoms with E-state index in [0.29, 0.717) is 6.54 Å². The third kappa shape index (κ3) is 0.822. The lowest BCUT2D eigenvalue weighted by molar-refractivity contribution is 0.621. The fourth-order valence-electron chi connectivity index (χ4n) is 2.16. The molecule has 1 aliphatic heterocycles. The Morgan fingerprint density at radius 1 is 1.29 bits per heavy atom. The zero-order valence-corrected chi connectivity index (χ0v) is 7.60. The van der Waals surface area contributed by atoms with E-state index in [-0.39, 0.29) is 11.6 Å². The quantitative estimate of drug-likeness (QED) is 0.667. The highest BCUT2D eigenvalue weighted by Gasteiger charge is 2.21. The second-order valence-electron chi connectivity index (χ2n) is 3.67. The van der Waals surface area contributed by atoms with E-state index >= 15 is 0 Å². The zero-order chi connectivity index (χ0) is 9.71. The van der Waals surface area contributed by atoms with Gasteiger partial charge in [-0.15, -0.1) is 0 Å². The Bertz CT molecular complexity index is 571. The van der Waals surface area contributed by atoms with E-state index in [0.717, 1.165) is 16.5 Å². The Balaban J connectivity index is 2.58. The third-order valence-electron chi connectivity index (χ3n) is 2.82. The number of pyridine rings is 1. The van der Waals surface area contributed by atoms with Crippen LogP contribution in [0.5, 0.6) is 0 Å². The van der Waals surface area contributed by atoms with Gasteiger partial charge in [-0.25, -0.2) is 0 Å². The lowest BCUT2D eigenvalue weighted by Crippen LogP contribution is -2.19. The van der Waals surface area contributed by atoms with Gasteiger partial charge in [-0.1, -0.05) is 18.2 Å². The maximum atomic E-state index is 11.6. The first kappa shape index (κ1) is 7.76. The van der Waals surface area contributed by atoms with Gasteiger partial charge in [0, 0.05) is 18.7 Å². The molecule has 70 valence electrons. The lowest BCUT2D eigenvalue weighted by atomic mass is 10.1. The molecule has 1 aliphatic rings. The van der Waals surface area contributed by atoms with Crippen molar-refractivity contribution < 1.29 is 0 Å². The molecule has 2 N–H and O–H groups in total. The molecule has 1 aromatic carbocycles. The maximum absolute atomic E-state index is 11.6. The molecule has 0 saturated carbocycles. The van der Waals surface area contributed by atoms with Crippen LogP contribution in [0.15, 0.2) is 35.1 Å². The van der Waals surface area contributed by atoms with Crippen molar-refractivity contribution in [3.8, 4) is 0 Å². The zero-order valence-electron chi connectivity index (χ0n) is 7.60. The predicted molar refractivity (Wildman–Crippen MR) is 55.1 cm³/mol. The topological polar surface area (TPSA) is 48.0 Å². The number of nitrogens with zero attached hydrogens (tertiary/aromatic N) is 1. The summed E-state index contributed by atoms with van der Waals surface area (Å²) in [6.07, 6.45) is 0. The summed E-state index contributed by atoms with van der Waals surface area (Å²) in [6, 6.07) is 9.41. The smallest absolute Gasteiger partial charge is 0.251 e. The van der Waals surface area contributed by atoms with Gasteiger partial charge in [-0.3, -0.25) is 4.79 Å². The maximum Gasteiger partial charge on any atom is 0.251 e. The Labute approximate surface area is 80.8 Å². The van der Waals surface area contributed by atoms with E-state index in [2.05, 4.69) is 0 Å². The van der Waals surface area contributed by atoms with E-state index in [9.17, 15) is 4.79 Å². The molecule has 2 heterocycles. The van der Waals surface area contributed by atoms with Crippen LogP contribution >= 0.6 is 0 Å². The minimum atomic E-state index is -0.0335. The van der Waals surface area contributed by atoms with Gasteiger partial charge in [0.15, 0.2) is 0 Å². The summed E-state index contributed by atoms with van der Waals surface area (Å²) in [5.41, 5.74) is 8.08. The molecule has 3 rings (SSSR count). The SMILES string of the molecule is N[C@@H]1Cn2c(=O)ccc3cccc1c32. The second kappa shape index (κ2) is 2.45. The standard InChI is InChI=1S/C11H10N2O/c12-9-6-13-10(14)5-4-7-2-1-3-8(9)11(7)13/h1-5,9H,6,12H2/t9-/m1/s1. The number of para-hydroxylation sites is 1. The third-order valence-corrected chi connectivity index (χ3v) is 2.82. The number of benzene rings is 1. The summed E-state index contributed by atoms with van der Waals surface area (Å²) in [5, 5.41) is 1.09. The van der Waals surface area contributed by atoms with E-state index in [1.807, 2.05) is 24.3 Å². The first-order chi connectivity index (χ1) is 6.77. The summed E-state index contributed by atoms with van der Waals surface area (Å²) in [4.78, 5) is 11.6. The van der Waals surface area contributed by atoms with Crippen LogP contribution in [-0.2, 0) is 6.54 Å². The van der Waals surface area contributed by atoms with Crippen molar-refractivity contribution in [2.45, 2.75) is 12.6 Å². The van der Waals surface area contributed by atoms with Crippen molar-refractivity contribution in [2.75, 3.05) is 0 Å². The molecule has 3 nitrogen and oxygen atoms in total. The normalized spacial score (nSPS) is 19.1. The van der Waals surface area contributed by atoms with Gasteiger partial charge in [0.05, 0.1) is 5.52 Å². The fraction of sp³-hybridized carbons (Fsp3) is 0.182. The summed E-state index contributed by atoms with van der Waals surface area (Å²) in [6.45, 7) is 0.607. The number of hydrogen-bond donors (Lipinski definition) is 1. The molecule has 3 heteroatoms. The molecule has 0 fully saturated rings. The summed E-state index contributed by atoms with van der Waals surface area (Å²) >= 11 is 0. The van der Waals surface area contributed by atoms with E-state index in [4.69, 9.17) is 5.73 Å². The molecule has 0 saturated heterocycles. The summed E-state index contributed by atoms with van der Waals surface area (Å²) < 4.78 is 1.76. The van der Waals surface area contributed by atoms with Crippen LogP contribution in [0.1, 0.15) is 11.6 Å². The van der Waals surface area contributed by atoms with Crippen LogP contribution in [0.3, 0.4) is 0 Å². The molecular formula is C11H10N2O.